The van der Waals surface area contributed by atoms with Gasteiger partial charge in [-0.1, -0.05) is 19.4 Å². The zero-order valence-corrected chi connectivity index (χ0v) is 11.5. The first kappa shape index (κ1) is 16.9. The van der Waals surface area contributed by atoms with E-state index in [9.17, 15) is 18.4 Å². The maximum atomic E-state index is 12.1. The summed E-state index contributed by atoms with van der Waals surface area (Å²) >= 11 is 0. The van der Waals surface area contributed by atoms with Crippen LogP contribution in [0.25, 0.3) is 0 Å². The second kappa shape index (κ2) is 8.18. The number of carboxylic acid groups (broad SMARTS) is 1. The monoisotopic (exact) mass is 301 g/mol. The summed E-state index contributed by atoms with van der Waals surface area (Å²) in [4.78, 5) is 22.7. The fraction of sp³-hybridized carbons (Fsp3) is 0.429. The summed E-state index contributed by atoms with van der Waals surface area (Å²) in [6.45, 7) is -1.10. The van der Waals surface area contributed by atoms with E-state index in [2.05, 4.69) is 10.1 Å². The number of hydrogen-bond donors (Lipinski definition) is 2. The number of aliphatic carboxylic acids is 1. The van der Waals surface area contributed by atoms with Gasteiger partial charge >= 0.3 is 12.6 Å². The molecule has 0 heterocycles. The van der Waals surface area contributed by atoms with Crippen LogP contribution in [0.15, 0.2) is 24.3 Å². The molecule has 0 saturated heterocycles. The molecule has 5 nitrogen and oxygen atoms in total. The van der Waals surface area contributed by atoms with Crippen LogP contribution in [0.1, 0.15) is 36.5 Å². The molecule has 0 saturated carbocycles. The first-order valence-electron chi connectivity index (χ1n) is 6.50. The average Bonchev–Trinajstić information content (AvgIpc) is 2.37. The number of halogens is 2. The number of carboxylic acids is 1. The van der Waals surface area contributed by atoms with Gasteiger partial charge < -0.3 is 15.2 Å². The molecule has 0 radical (unpaired) electrons. The second-order valence-electron chi connectivity index (χ2n) is 4.46. The third-order valence-electron chi connectivity index (χ3n) is 2.71. The number of hydrogen-bond acceptors (Lipinski definition) is 3. The molecule has 0 bridgehead atoms. The minimum Gasteiger partial charge on any atom is -0.481 e. The molecule has 0 fully saturated rings. The van der Waals surface area contributed by atoms with Gasteiger partial charge in [0.25, 0.3) is 5.91 Å². The van der Waals surface area contributed by atoms with Gasteiger partial charge in [-0.3, -0.25) is 9.59 Å². The zero-order valence-electron chi connectivity index (χ0n) is 11.5. The Morgan fingerprint density at radius 2 is 2.10 bits per heavy atom. The predicted octanol–water partition coefficient (Wildman–Crippen LogP) is 2.66. The summed E-state index contributed by atoms with van der Waals surface area (Å²) in [5.74, 6) is -1.65. The van der Waals surface area contributed by atoms with Crippen molar-refractivity contribution >= 4 is 11.9 Å². The smallest absolute Gasteiger partial charge is 0.387 e. The van der Waals surface area contributed by atoms with Crippen molar-refractivity contribution in [2.45, 2.75) is 38.8 Å². The van der Waals surface area contributed by atoms with Gasteiger partial charge in [0.1, 0.15) is 5.75 Å². The number of ether oxygens (including phenoxy) is 1. The Labute approximate surface area is 120 Å². The summed E-state index contributed by atoms with van der Waals surface area (Å²) in [7, 11) is 0. The first-order chi connectivity index (χ1) is 9.92. The Bertz CT molecular complexity index is 494. The molecule has 1 aromatic rings. The van der Waals surface area contributed by atoms with Gasteiger partial charge in [-0.05, 0) is 24.6 Å². The second-order valence-corrected chi connectivity index (χ2v) is 4.46. The zero-order chi connectivity index (χ0) is 15.8. The highest BCUT2D eigenvalue weighted by atomic mass is 19.3. The van der Waals surface area contributed by atoms with Crippen molar-refractivity contribution in [3.05, 3.63) is 29.8 Å². The summed E-state index contributed by atoms with van der Waals surface area (Å²) in [6.07, 6.45) is 1.05. The van der Waals surface area contributed by atoms with Crippen LogP contribution in [0, 0.1) is 0 Å². The van der Waals surface area contributed by atoms with Gasteiger partial charge in [-0.25, -0.2) is 0 Å². The molecule has 1 aromatic carbocycles. The van der Waals surface area contributed by atoms with Crippen molar-refractivity contribution in [2.24, 2.45) is 0 Å². The minimum absolute atomic E-state index is 0.122. The Morgan fingerprint density at radius 1 is 1.38 bits per heavy atom. The topological polar surface area (TPSA) is 75.6 Å². The molecule has 21 heavy (non-hydrogen) atoms. The molecule has 1 rings (SSSR count). The Morgan fingerprint density at radius 3 is 2.67 bits per heavy atom. The molecule has 0 unspecified atom stereocenters. The minimum atomic E-state index is -2.97. The van der Waals surface area contributed by atoms with Crippen molar-refractivity contribution in [1.29, 1.82) is 0 Å². The lowest BCUT2D eigenvalue weighted by Gasteiger charge is -2.16. The summed E-state index contributed by atoms with van der Waals surface area (Å²) < 4.78 is 28.5. The van der Waals surface area contributed by atoms with Gasteiger partial charge in [-0.2, -0.15) is 8.78 Å². The largest absolute Gasteiger partial charge is 0.481 e. The molecule has 0 aliphatic heterocycles. The van der Waals surface area contributed by atoms with E-state index in [1.807, 2.05) is 6.92 Å². The van der Waals surface area contributed by atoms with Crippen LogP contribution in [0.3, 0.4) is 0 Å². The van der Waals surface area contributed by atoms with Gasteiger partial charge in [0.15, 0.2) is 0 Å². The SMILES string of the molecule is CCC[C@@H](CC(=O)O)NC(=O)c1cccc(OC(F)F)c1. The quantitative estimate of drug-likeness (QED) is 0.774. The van der Waals surface area contributed by atoms with Gasteiger partial charge in [0.05, 0.1) is 6.42 Å². The van der Waals surface area contributed by atoms with E-state index in [1.54, 1.807) is 0 Å². The molecule has 0 spiro atoms. The van der Waals surface area contributed by atoms with E-state index in [1.165, 1.54) is 24.3 Å². The van der Waals surface area contributed by atoms with Crippen LogP contribution >= 0.6 is 0 Å². The highest BCUT2D eigenvalue weighted by Gasteiger charge is 2.17. The fourth-order valence-corrected chi connectivity index (χ4v) is 1.87. The average molecular weight is 301 g/mol. The lowest BCUT2D eigenvalue weighted by atomic mass is 10.1. The highest BCUT2D eigenvalue weighted by molar-refractivity contribution is 5.95. The number of carbonyl (C=O) groups excluding carboxylic acids is 1. The van der Waals surface area contributed by atoms with Crippen molar-refractivity contribution in [3.63, 3.8) is 0 Å². The maximum Gasteiger partial charge on any atom is 0.387 e. The molecule has 116 valence electrons. The fourth-order valence-electron chi connectivity index (χ4n) is 1.87. The molecule has 7 heteroatoms. The van der Waals surface area contributed by atoms with Crippen molar-refractivity contribution in [1.82, 2.24) is 5.32 Å². The normalized spacial score (nSPS) is 12.0. The van der Waals surface area contributed by atoms with Crippen LogP contribution in [0.4, 0.5) is 8.78 Å². The lowest BCUT2D eigenvalue weighted by Crippen LogP contribution is -2.36. The Hall–Kier alpha value is -2.18. The third-order valence-corrected chi connectivity index (χ3v) is 2.71. The molecule has 2 N–H and O–H groups in total. The van der Waals surface area contributed by atoms with Crippen molar-refractivity contribution in [3.8, 4) is 5.75 Å². The number of alkyl halides is 2. The maximum absolute atomic E-state index is 12.1. The van der Waals surface area contributed by atoms with E-state index in [4.69, 9.17) is 5.11 Å². The highest BCUT2D eigenvalue weighted by Crippen LogP contribution is 2.16. The van der Waals surface area contributed by atoms with Crippen LogP contribution in [0.5, 0.6) is 5.75 Å². The number of nitrogens with one attached hydrogen (secondary N) is 1. The lowest BCUT2D eigenvalue weighted by molar-refractivity contribution is -0.137. The number of amides is 1. The standard InChI is InChI=1S/C14H17F2NO4/c1-2-4-10(8-12(18)19)17-13(20)9-5-3-6-11(7-9)21-14(15)16/h3,5-7,10,14H,2,4,8H2,1H3,(H,17,20)(H,18,19)/t10-/m0/s1. The Balaban J connectivity index is 2.74. The van der Waals surface area contributed by atoms with E-state index >= 15 is 0 Å². The van der Waals surface area contributed by atoms with Gasteiger partial charge in [-0.15, -0.1) is 0 Å². The molecule has 0 aliphatic rings. The predicted molar refractivity (Wildman–Crippen MR) is 71.5 cm³/mol. The van der Waals surface area contributed by atoms with E-state index in [0.29, 0.717) is 12.8 Å². The molecular weight excluding hydrogens is 284 g/mol. The van der Waals surface area contributed by atoms with Crippen LogP contribution in [-0.4, -0.2) is 29.6 Å². The van der Waals surface area contributed by atoms with E-state index < -0.39 is 24.5 Å². The number of carbonyl (C=O) groups is 2. The molecule has 1 atom stereocenters. The number of rotatable bonds is 8. The van der Waals surface area contributed by atoms with Crippen LogP contribution in [0.2, 0.25) is 0 Å². The summed E-state index contributed by atoms with van der Waals surface area (Å²) in [6, 6.07) is 4.85. The molecular formula is C14H17F2NO4. The van der Waals surface area contributed by atoms with Gasteiger partial charge in [0.2, 0.25) is 0 Å². The molecule has 1 amide bonds. The van der Waals surface area contributed by atoms with Crippen molar-refractivity contribution < 1.29 is 28.2 Å². The molecule has 0 aliphatic carbocycles. The van der Waals surface area contributed by atoms with Crippen LogP contribution < -0.4 is 10.1 Å². The summed E-state index contributed by atoms with van der Waals surface area (Å²) in [5, 5.41) is 11.4. The van der Waals surface area contributed by atoms with Crippen LogP contribution in [-0.2, 0) is 4.79 Å². The number of benzene rings is 1. The van der Waals surface area contributed by atoms with Gasteiger partial charge in [0, 0.05) is 11.6 Å². The Kier molecular flexibility index (Phi) is 6.58. The van der Waals surface area contributed by atoms with E-state index in [0.717, 1.165) is 0 Å². The first-order valence-corrected chi connectivity index (χ1v) is 6.50. The van der Waals surface area contributed by atoms with Crippen molar-refractivity contribution in [2.75, 3.05) is 0 Å². The van der Waals surface area contributed by atoms with E-state index in [-0.39, 0.29) is 17.7 Å². The molecule has 0 aromatic heterocycles. The summed E-state index contributed by atoms with van der Waals surface area (Å²) in [5.41, 5.74) is 0.139. The third kappa shape index (κ3) is 6.20.